The number of hydrogen-bond donors (Lipinski definition) is 2. The van der Waals surface area contributed by atoms with Crippen LogP contribution in [0.15, 0.2) is 73.1 Å². The Labute approximate surface area is 124 Å². The van der Waals surface area contributed by atoms with Crippen LogP contribution in [0.4, 0.5) is 5.69 Å². The van der Waals surface area contributed by atoms with Crippen molar-refractivity contribution in [3.8, 4) is 11.4 Å². The molecule has 2 N–H and O–H groups in total. The van der Waals surface area contributed by atoms with Crippen LogP contribution < -0.4 is 5.32 Å². The van der Waals surface area contributed by atoms with Crippen LogP contribution in [0.2, 0.25) is 0 Å². The van der Waals surface area contributed by atoms with E-state index in [1.807, 2.05) is 61.8 Å². The van der Waals surface area contributed by atoms with Crippen molar-refractivity contribution in [2.45, 2.75) is 13.0 Å². The van der Waals surface area contributed by atoms with Crippen LogP contribution in [0.1, 0.15) is 18.5 Å². The van der Waals surface area contributed by atoms with Gasteiger partial charge in [0.2, 0.25) is 0 Å². The maximum Gasteiger partial charge on any atom is 0.120 e. The maximum atomic E-state index is 9.92. The first-order valence-corrected chi connectivity index (χ1v) is 7.02. The molecule has 2 aromatic carbocycles. The fraction of sp³-hybridized carbons (Fsp3) is 0.111. The Morgan fingerprint density at radius 1 is 0.952 bits per heavy atom. The Bertz CT molecular complexity index is 720. The van der Waals surface area contributed by atoms with Gasteiger partial charge >= 0.3 is 0 Å². The molecule has 0 radical (unpaired) electrons. The summed E-state index contributed by atoms with van der Waals surface area (Å²) in [7, 11) is 0. The molecule has 0 aliphatic carbocycles. The first-order chi connectivity index (χ1) is 10.2. The number of nitrogens with one attached hydrogen (secondary N) is 1. The van der Waals surface area contributed by atoms with Crippen molar-refractivity contribution in [3.05, 3.63) is 78.6 Å². The third kappa shape index (κ3) is 2.92. The van der Waals surface area contributed by atoms with Crippen molar-refractivity contribution in [1.29, 1.82) is 0 Å². The van der Waals surface area contributed by atoms with E-state index >= 15 is 0 Å². The Morgan fingerprint density at radius 3 is 2.48 bits per heavy atom. The van der Waals surface area contributed by atoms with Gasteiger partial charge in [-0.15, -0.1) is 0 Å². The molecule has 3 rings (SSSR count). The average Bonchev–Trinajstić information content (AvgIpc) is 3.02. The SMILES string of the molecule is CC(Nc1cccc(-n2cccc2)c1)c1ccccc1O. The highest BCUT2D eigenvalue weighted by Crippen LogP contribution is 2.27. The number of benzene rings is 2. The lowest BCUT2D eigenvalue weighted by atomic mass is 10.1. The van der Waals surface area contributed by atoms with E-state index in [-0.39, 0.29) is 6.04 Å². The minimum Gasteiger partial charge on any atom is -0.508 e. The van der Waals surface area contributed by atoms with Gasteiger partial charge in [0.05, 0.1) is 6.04 Å². The molecule has 1 atom stereocenters. The van der Waals surface area contributed by atoms with Crippen LogP contribution in [-0.2, 0) is 0 Å². The van der Waals surface area contributed by atoms with E-state index in [4.69, 9.17) is 0 Å². The predicted octanol–water partition coefficient (Wildman–Crippen LogP) is 4.36. The van der Waals surface area contributed by atoms with Gasteiger partial charge in [-0.25, -0.2) is 0 Å². The molecule has 1 aromatic heterocycles. The van der Waals surface area contributed by atoms with Crippen molar-refractivity contribution in [2.24, 2.45) is 0 Å². The van der Waals surface area contributed by atoms with E-state index in [1.165, 1.54) is 0 Å². The smallest absolute Gasteiger partial charge is 0.120 e. The molecule has 0 aliphatic heterocycles. The first kappa shape index (κ1) is 13.3. The molecule has 106 valence electrons. The van der Waals surface area contributed by atoms with Crippen molar-refractivity contribution in [2.75, 3.05) is 5.32 Å². The Hall–Kier alpha value is -2.68. The zero-order valence-electron chi connectivity index (χ0n) is 11.9. The Kier molecular flexibility index (Phi) is 3.65. The Morgan fingerprint density at radius 2 is 1.71 bits per heavy atom. The van der Waals surface area contributed by atoms with E-state index in [0.717, 1.165) is 16.9 Å². The monoisotopic (exact) mass is 278 g/mol. The van der Waals surface area contributed by atoms with Crippen LogP contribution >= 0.6 is 0 Å². The molecule has 3 nitrogen and oxygen atoms in total. The van der Waals surface area contributed by atoms with Crippen molar-refractivity contribution < 1.29 is 5.11 Å². The first-order valence-electron chi connectivity index (χ1n) is 7.02. The highest BCUT2D eigenvalue weighted by Gasteiger charge is 2.09. The minimum absolute atomic E-state index is 0.0334. The Balaban J connectivity index is 1.82. The summed E-state index contributed by atoms with van der Waals surface area (Å²) in [5.41, 5.74) is 3.02. The molecule has 1 heterocycles. The number of phenols is 1. The lowest BCUT2D eigenvalue weighted by Gasteiger charge is -2.17. The van der Waals surface area contributed by atoms with E-state index in [2.05, 4.69) is 22.0 Å². The van der Waals surface area contributed by atoms with Crippen LogP contribution in [-0.4, -0.2) is 9.67 Å². The summed E-state index contributed by atoms with van der Waals surface area (Å²) in [6.07, 6.45) is 4.04. The van der Waals surface area contributed by atoms with Gasteiger partial charge < -0.3 is 15.0 Å². The summed E-state index contributed by atoms with van der Waals surface area (Å²) in [6, 6.07) is 19.7. The van der Waals surface area contributed by atoms with E-state index < -0.39 is 0 Å². The van der Waals surface area contributed by atoms with Crippen molar-refractivity contribution in [1.82, 2.24) is 4.57 Å². The molecule has 0 aliphatic rings. The number of para-hydroxylation sites is 1. The quantitative estimate of drug-likeness (QED) is 0.744. The fourth-order valence-corrected chi connectivity index (χ4v) is 2.44. The lowest BCUT2D eigenvalue weighted by Crippen LogP contribution is -2.07. The molecule has 3 aromatic rings. The molecule has 0 saturated carbocycles. The maximum absolute atomic E-state index is 9.92. The summed E-state index contributed by atoms with van der Waals surface area (Å²) < 4.78 is 2.07. The second-order valence-electron chi connectivity index (χ2n) is 5.07. The highest BCUT2D eigenvalue weighted by molar-refractivity contribution is 5.53. The number of hydrogen-bond acceptors (Lipinski definition) is 2. The van der Waals surface area contributed by atoms with Crippen LogP contribution in [0, 0.1) is 0 Å². The summed E-state index contributed by atoms with van der Waals surface area (Å²) in [5, 5.41) is 13.3. The van der Waals surface area contributed by atoms with Gasteiger partial charge in [-0.2, -0.15) is 0 Å². The highest BCUT2D eigenvalue weighted by atomic mass is 16.3. The van der Waals surface area contributed by atoms with Gasteiger partial charge in [0.1, 0.15) is 5.75 Å². The second kappa shape index (κ2) is 5.75. The topological polar surface area (TPSA) is 37.2 Å². The minimum atomic E-state index is 0.0334. The predicted molar refractivity (Wildman–Crippen MR) is 85.9 cm³/mol. The molecule has 0 saturated heterocycles. The number of phenolic OH excluding ortho intramolecular Hbond substituents is 1. The van der Waals surface area contributed by atoms with Crippen molar-refractivity contribution in [3.63, 3.8) is 0 Å². The van der Waals surface area contributed by atoms with Gasteiger partial charge in [0.15, 0.2) is 0 Å². The largest absolute Gasteiger partial charge is 0.508 e. The van der Waals surface area contributed by atoms with Gasteiger partial charge in [-0.1, -0.05) is 24.3 Å². The molecule has 0 amide bonds. The second-order valence-corrected chi connectivity index (χ2v) is 5.07. The molecular weight excluding hydrogens is 260 g/mol. The summed E-state index contributed by atoms with van der Waals surface area (Å²) in [4.78, 5) is 0. The number of anilines is 1. The van der Waals surface area contributed by atoms with Gasteiger partial charge in [0, 0.05) is 29.3 Å². The number of rotatable bonds is 4. The van der Waals surface area contributed by atoms with E-state index in [9.17, 15) is 5.11 Å². The third-order valence-electron chi connectivity index (χ3n) is 3.54. The summed E-state index contributed by atoms with van der Waals surface area (Å²) >= 11 is 0. The summed E-state index contributed by atoms with van der Waals surface area (Å²) in [6.45, 7) is 2.04. The molecule has 0 bridgehead atoms. The molecular formula is C18H18N2O. The zero-order valence-corrected chi connectivity index (χ0v) is 11.9. The van der Waals surface area contributed by atoms with Crippen LogP contribution in [0.25, 0.3) is 5.69 Å². The van der Waals surface area contributed by atoms with Crippen LogP contribution in [0.5, 0.6) is 5.75 Å². The number of aromatic nitrogens is 1. The van der Waals surface area contributed by atoms with E-state index in [0.29, 0.717) is 5.75 Å². The van der Waals surface area contributed by atoms with Crippen LogP contribution in [0.3, 0.4) is 0 Å². The molecule has 21 heavy (non-hydrogen) atoms. The number of aromatic hydroxyl groups is 1. The molecule has 3 heteroatoms. The standard InChI is InChI=1S/C18H18N2O/c1-14(17-9-2-3-10-18(17)21)19-15-7-6-8-16(13-15)20-11-4-5-12-20/h2-14,19,21H,1H3. The van der Waals surface area contributed by atoms with E-state index in [1.54, 1.807) is 6.07 Å². The fourth-order valence-electron chi connectivity index (χ4n) is 2.44. The molecule has 1 unspecified atom stereocenters. The lowest BCUT2D eigenvalue weighted by molar-refractivity contribution is 0.465. The van der Waals surface area contributed by atoms with Gasteiger partial charge in [-0.3, -0.25) is 0 Å². The summed E-state index contributed by atoms with van der Waals surface area (Å²) in [5.74, 6) is 0.319. The van der Waals surface area contributed by atoms with Gasteiger partial charge in [0.25, 0.3) is 0 Å². The average molecular weight is 278 g/mol. The molecule has 0 fully saturated rings. The number of nitrogens with zero attached hydrogens (tertiary/aromatic N) is 1. The molecule has 0 spiro atoms. The zero-order chi connectivity index (χ0) is 14.7. The normalized spacial score (nSPS) is 12.0. The van der Waals surface area contributed by atoms with Crippen molar-refractivity contribution >= 4 is 5.69 Å². The third-order valence-corrected chi connectivity index (χ3v) is 3.54. The van der Waals surface area contributed by atoms with Gasteiger partial charge in [-0.05, 0) is 43.3 Å².